The van der Waals surface area contributed by atoms with Crippen molar-refractivity contribution in [2.24, 2.45) is 5.92 Å². The van der Waals surface area contributed by atoms with E-state index in [0.717, 1.165) is 25.1 Å². The number of H-pyrrole nitrogens is 1. The summed E-state index contributed by atoms with van der Waals surface area (Å²) in [4.78, 5) is 24.9. The van der Waals surface area contributed by atoms with Crippen LogP contribution in [-0.2, 0) is 9.53 Å². The smallest absolute Gasteiger partial charge is 0.310 e. The highest BCUT2D eigenvalue weighted by Crippen LogP contribution is 2.22. The van der Waals surface area contributed by atoms with Crippen molar-refractivity contribution in [2.45, 2.75) is 19.8 Å². The molecular weight excluding hydrogens is 234 g/mol. The molecule has 6 nitrogen and oxygen atoms in total. The molecule has 98 valence electrons. The van der Waals surface area contributed by atoms with Gasteiger partial charge in [-0.1, -0.05) is 0 Å². The Balaban J connectivity index is 2.07. The second-order valence-corrected chi connectivity index (χ2v) is 4.34. The van der Waals surface area contributed by atoms with Crippen LogP contribution in [0, 0.1) is 5.92 Å². The molecule has 6 heteroatoms. The van der Waals surface area contributed by atoms with E-state index in [-0.39, 0.29) is 17.4 Å². The molecule has 18 heavy (non-hydrogen) atoms. The lowest BCUT2D eigenvalue weighted by molar-refractivity contribution is -0.148. The molecule has 2 heterocycles. The minimum absolute atomic E-state index is 0.113. The van der Waals surface area contributed by atoms with Crippen LogP contribution in [0.4, 0.5) is 5.69 Å². The van der Waals surface area contributed by atoms with Gasteiger partial charge in [0.05, 0.1) is 24.4 Å². The number of piperidine rings is 1. The van der Waals surface area contributed by atoms with E-state index in [1.165, 1.54) is 6.07 Å². The number of aromatic amines is 1. The van der Waals surface area contributed by atoms with Crippen molar-refractivity contribution in [2.75, 3.05) is 24.6 Å². The van der Waals surface area contributed by atoms with Gasteiger partial charge < -0.3 is 9.64 Å². The van der Waals surface area contributed by atoms with Gasteiger partial charge >= 0.3 is 5.97 Å². The van der Waals surface area contributed by atoms with Crippen LogP contribution in [0.25, 0.3) is 0 Å². The maximum Gasteiger partial charge on any atom is 0.310 e. The predicted molar refractivity (Wildman–Crippen MR) is 66.4 cm³/mol. The topological polar surface area (TPSA) is 75.3 Å². The molecule has 1 N–H and O–H groups in total. The number of aromatic nitrogens is 2. The maximum absolute atomic E-state index is 11.7. The van der Waals surface area contributed by atoms with Gasteiger partial charge in [-0.05, 0) is 19.8 Å². The Bertz CT molecular complexity index is 472. The predicted octanol–water partition coefficient (Wildman–Crippen LogP) is 0.549. The van der Waals surface area contributed by atoms with Crippen LogP contribution in [0.3, 0.4) is 0 Å². The number of rotatable bonds is 3. The molecule has 0 aliphatic carbocycles. The van der Waals surface area contributed by atoms with E-state index in [4.69, 9.17) is 4.74 Å². The second-order valence-electron chi connectivity index (χ2n) is 4.34. The molecule has 1 saturated heterocycles. The van der Waals surface area contributed by atoms with Gasteiger partial charge in [0.1, 0.15) is 0 Å². The Hall–Kier alpha value is -1.85. The SMILES string of the molecule is CCOC(=O)C1CCCN(c2cn[nH]c(=O)c2)C1. The molecule has 1 atom stereocenters. The molecule has 1 aliphatic rings. The van der Waals surface area contributed by atoms with E-state index in [0.29, 0.717) is 13.2 Å². The van der Waals surface area contributed by atoms with Gasteiger partial charge in [0.2, 0.25) is 0 Å². The first kappa shape index (κ1) is 12.6. The summed E-state index contributed by atoms with van der Waals surface area (Å²) in [5.41, 5.74) is 0.526. The third kappa shape index (κ3) is 2.88. The van der Waals surface area contributed by atoms with Gasteiger partial charge in [0.15, 0.2) is 0 Å². The van der Waals surface area contributed by atoms with E-state index in [1.807, 2.05) is 4.90 Å². The Morgan fingerprint density at radius 2 is 2.50 bits per heavy atom. The molecule has 0 saturated carbocycles. The van der Waals surface area contributed by atoms with Crippen LogP contribution in [0.15, 0.2) is 17.1 Å². The zero-order valence-corrected chi connectivity index (χ0v) is 10.4. The lowest BCUT2D eigenvalue weighted by Gasteiger charge is -2.32. The highest BCUT2D eigenvalue weighted by Gasteiger charge is 2.27. The highest BCUT2D eigenvalue weighted by molar-refractivity contribution is 5.73. The Morgan fingerprint density at radius 3 is 3.22 bits per heavy atom. The van der Waals surface area contributed by atoms with Crippen molar-refractivity contribution in [3.8, 4) is 0 Å². The number of hydrogen-bond donors (Lipinski definition) is 1. The van der Waals surface area contributed by atoms with Gasteiger partial charge in [-0.15, -0.1) is 0 Å². The Morgan fingerprint density at radius 1 is 1.67 bits per heavy atom. The summed E-state index contributed by atoms with van der Waals surface area (Å²) >= 11 is 0. The summed E-state index contributed by atoms with van der Waals surface area (Å²) in [5, 5.41) is 6.11. The molecule has 0 spiro atoms. The molecule has 0 radical (unpaired) electrons. The lowest BCUT2D eigenvalue weighted by Crippen LogP contribution is -2.39. The average molecular weight is 251 g/mol. The van der Waals surface area contributed by atoms with E-state index < -0.39 is 0 Å². The normalized spacial score (nSPS) is 19.6. The standard InChI is InChI=1S/C12H17N3O3/c1-2-18-12(17)9-4-3-5-15(8-9)10-6-11(16)14-13-7-10/h6-7,9H,2-5,8H2,1H3,(H,14,16). The highest BCUT2D eigenvalue weighted by atomic mass is 16.5. The van der Waals surface area contributed by atoms with Crippen molar-refractivity contribution in [1.29, 1.82) is 0 Å². The van der Waals surface area contributed by atoms with Crippen LogP contribution < -0.4 is 10.5 Å². The van der Waals surface area contributed by atoms with Crippen LogP contribution >= 0.6 is 0 Å². The number of nitrogens with one attached hydrogen (secondary N) is 1. The fraction of sp³-hybridized carbons (Fsp3) is 0.583. The van der Waals surface area contributed by atoms with Crippen molar-refractivity contribution in [1.82, 2.24) is 10.2 Å². The van der Waals surface area contributed by atoms with Crippen molar-refractivity contribution in [3.05, 3.63) is 22.6 Å². The quantitative estimate of drug-likeness (QED) is 0.794. The maximum atomic E-state index is 11.7. The Kier molecular flexibility index (Phi) is 3.96. The van der Waals surface area contributed by atoms with E-state index in [1.54, 1.807) is 13.1 Å². The van der Waals surface area contributed by atoms with Crippen LogP contribution in [0.2, 0.25) is 0 Å². The third-order valence-corrected chi connectivity index (χ3v) is 3.06. The zero-order chi connectivity index (χ0) is 13.0. The molecule has 0 amide bonds. The first-order valence-corrected chi connectivity index (χ1v) is 6.17. The monoisotopic (exact) mass is 251 g/mol. The van der Waals surface area contributed by atoms with Gasteiger partial charge in [-0.3, -0.25) is 9.59 Å². The first-order chi connectivity index (χ1) is 8.70. The van der Waals surface area contributed by atoms with Gasteiger partial charge in [-0.2, -0.15) is 5.10 Å². The van der Waals surface area contributed by atoms with Crippen LogP contribution in [0.5, 0.6) is 0 Å². The average Bonchev–Trinajstić information content (AvgIpc) is 2.39. The molecule has 2 rings (SSSR count). The van der Waals surface area contributed by atoms with Crippen molar-refractivity contribution < 1.29 is 9.53 Å². The molecule has 1 aliphatic heterocycles. The van der Waals surface area contributed by atoms with E-state index in [9.17, 15) is 9.59 Å². The number of carbonyl (C=O) groups excluding carboxylic acids is 1. The number of carbonyl (C=O) groups is 1. The summed E-state index contributed by atoms with van der Waals surface area (Å²) in [5.74, 6) is -0.266. The summed E-state index contributed by atoms with van der Waals surface area (Å²) in [7, 11) is 0. The number of esters is 1. The van der Waals surface area contributed by atoms with Crippen molar-refractivity contribution >= 4 is 11.7 Å². The third-order valence-electron chi connectivity index (χ3n) is 3.06. The van der Waals surface area contributed by atoms with Gasteiger partial charge in [-0.25, -0.2) is 5.10 Å². The van der Waals surface area contributed by atoms with E-state index in [2.05, 4.69) is 10.2 Å². The summed E-state index contributed by atoms with van der Waals surface area (Å²) in [6.45, 7) is 3.63. The number of hydrogen-bond acceptors (Lipinski definition) is 5. The van der Waals surface area contributed by atoms with Crippen molar-refractivity contribution in [3.63, 3.8) is 0 Å². The lowest BCUT2D eigenvalue weighted by atomic mass is 9.98. The molecular formula is C12H17N3O3. The number of anilines is 1. The molecule has 0 aromatic carbocycles. The molecule has 1 aromatic heterocycles. The fourth-order valence-corrected chi connectivity index (χ4v) is 2.20. The minimum atomic E-state index is -0.231. The zero-order valence-electron chi connectivity index (χ0n) is 10.4. The van der Waals surface area contributed by atoms with Gasteiger partial charge in [0, 0.05) is 19.2 Å². The molecule has 0 bridgehead atoms. The van der Waals surface area contributed by atoms with Crippen LogP contribution in [-0.4, -0.2) is 35.9 Å². The van der Waals surface area contributed by atoms with Crippen LogP contribution in [0.1, 0.15) is 19.8 Å². The Labute approximate surface area is 105 Å². The number of ether oxygens (including phenoxy) is 1. The molecule has 1 aromatic rings. The number of nitrogens with zero attached hydrogens (tertiary/aromatic N) is 2. The largest absolute Gasteiger partial charge is 0.466 e. The molecule has 1 fully saturated rings. The van der Waals surface area contributed by atoms with E-state index >= 15 is 0 Å². The molecule has 1 unspecified atom stereocenters. The summed E-state index contributed by atoms with van der Waals surface area (Å²) in [6, 6.07) is 1.50. The first-order valence-electron chi connectivity index (χ1n) is 6.17. The minimum Gasteiger partial charge on any atom is -0.466 e. The fourth-order valence-electron chi connectivity index (χ4n) is 2.20. The van der Waals surface area contributed by atoms with Gasteiger partial charge in [0.25, 0.3) is 5.56 Å². The summed E-state index contributed by atoms with van der Waals surface area (Å²) < 4.78 is 5.04. The summed E-state index contributed by atoms with van der Waals surface area (Å²) in [6.07, 6.45) is 3.36. The second kappa shape index (κ2) is 5.66.